The van der Waals surface area contributed by atoms with E-state index in [1.165, 1.54) is 20.1 Å². The summed E-state index contributed by atoms with van der Waals surface area (Å²) in [6.45, 7) is 78.9. The van der Waals surface area contributed by atoms with Gasteiger partial charge in [0.2, 0.25) is 0 Å². The van der Waals surface area contributed by atoms with Crippen LogP contribution < -0.4 is 0 Å². The molecule has 60 heavy (non-hydrogen) atoms. The summed E-state index contributed by atoms with van der Waals surface area (Å²) in [6, 6.07) is 11.0. The molecule has 0 saturated carbocycles. The van der Waals surface area contributed by atoms with Crippen LogP contribution in [0.15, 0.2) is 24.3 Å². The van der Waals surface area contributed by atoms with E-state index in [4.69, 9.17) is 31.9 Å². The van der Waals surface area contributed by atoms with Gasteiger partial charge in [-0.3, -0.25) is 0 Å². The predicted molar refractivity (Wildman–Crippen MR) is 313 cm³/mol. The third-order valence-corrected chi connectivity index (χ3v) is 52.2. The molecule has 0 nitrogen and oxygen atoms in total. The SMILES string of the molecule is CC(C)(C)c1cc(C([Si](C)(C)C)[Si](C)(C)C)c(/C(Br)=C(\Br)c2c(C([Si](C)(C)C)[Si](C)(C)C)cc(C(C)(C)C)cc2C([Si](C)(C)C)[Si](C)(C)C)c(C([Si](C)(C)C)[Si](C)(C)C)c1. The summed E-state index contributed by atoms with van der Waals surface area (Å²) >= 11 is 9.47. The highest BCUT2D eigenvalue weighted by Crippen LogP contribution is 2.54. The van der Waals surface area contributed by atoms with E-state index >= 15 is 0 Å². The van der Waals surface area contributed by atoms with Crippen LogP contribution in [-0.4, -0.2) is 64.6 Å². The summed E-state index contributed by atoms with van der Waals surface area (Å²) in [5.74, 6) is 0. The molecule has 0 fully saturated rings. The molecular weight excluding hydrogens is 985 g/mol. The zero-order valence-electron chi connectivity index (χ0n) is 45.4. The smallest absolute Gasteiger partial charge is 0.0493 e. The minimum atomic E-state index is -1.72. The Bertz CT molecular complexity index is 1570. The van der Waals surface area contributed by atoms with E-state index in [1.54, 1.807) is 33.4 Å². The van der Waals surface area contributed by atoms with Crippen LogP contribution in [0.1, 0.15) is 107 Å². The second-order valence-electron chi connectivity index (χ2n) is 29.8. The number of hydrogen-bond acceptors (Lipinski definition) is 0. The average Bonchev–Trinajstić information content (AvgIpc) is 2.89. The molecule has 2 aromatic carbocycles. The molecule has 0 heterocycles. The van der Waals surface area contributed by atoms with E-state index in [1.807, 2.05) is 0 Å². The zero-order valence-corrected chi connectivity index (χ0v) is 56.5. The van der Waals surface area contributed by atoms with Crippen LogP contribution in [0.3, 0.4) is 0 Å². The van der Waals surface area contributed by atoms with Gasteiger partial charge in [-0.05, 0) is 108 Å². The minimum absolute atomic E-state index is 0.0508. The molecule has 0 spiro atoms. The van der Waals surface area contributed by atoms with Gasteiger partial charge < -0.3 is 0 Å². The fourth-order valence-electron chi connectivity index (χ4n) is 12.8. The van der Waals surface area contributed by atoms with Gasteiger partial charge >= 0.3 is 0 Å². The standard InChI is InChI=1S/C50H98Br2Si8/c1-49(2,3)35-31-37(45(53(7,8)9)54(10,11)12)41(38(32-35)46(55(13,14)15)56(16,17)18)43(51)44(52)42-39(47(57(19,20)21)58(22,23)24)33-36(50(4,5)6)34-40(42)48(59(25,26)27)60(28,29)30/h31-34,45-48H,1-30H3/b44-43+. The fourth-order valence-corrected chi connectivity index (χ4v) is 65.0. The lowest BCUT2D eigenvalue weighted by molar-refractivity contribution is 0.588. The lowest BCUT2D eigenvalue weighted by atomic mass is 9.82. The van der Waals surface area contributed by atoms with Crippen molar-refractivity contribution in [2.24, 2.45) is 0 Å². The first kappa shape index (κ1) is 57.0. The van der Waals surface area contributed by atoms with Crippen molar-refractivity contribution in [3.8, 4) is 0 Å². The van der Waals surface area contributed by atoms with Crippen molar-refractivity contribution in [2.45, 2.75) is 230 Å². The first-order valence-electron chi connectivity index (χ1n) is 23.4. The monoisotopic (exact) mass is 1080 g/mol. The molecule has 10 heteroatoms. The van der Waals surface area contributed by atoms with E-state index in [0.717, 1.165) is 0 Å². The van der Waals surface area contributed by atoms with E-state index in [9.17, 15) is 0 Å². The first-order valence-corrected chi connectivity index (χ1v) is 53.6. The minimum Gasteiger partial charge on any atom is -0.0693 e. The van der Waals surface area contributed by atoms with Gasteiger partial charge in [0.1, 0.15) is 0 Å². The van der Waals surface area contributed by atoms with Crippen LogP contribution in [0.5, 0.6) is 0 Å². The third kappa shape index (κ3) is 13.5. The highest BCUT2D eigenvalue weighted by molar-refractivity contribution is 9.18. The Balaban J connectivity index is 3.88. The fraction of sp³-hybridized carbons (Fsp3) is 0.720. The van der Waals surface area contributed by atoms with E-state index in [-0.39, 0.29) is 10.8 Å². The van der Waals surface area contributed by atoms with Gasteiger partial charge in [-0.15, -0.1) is 0 Å². The second kappa shape index (κ2) is 18.2. The summed E-state index contributed by atoms with van der Waals surface area (Å²) in [5, 5.41) is 2.42. The van der Waals surface area contributed by atoms with Gasteiger partial charge in [0.15, 0.2) is 0 Å². The van der Waals surface area contributed by atoms with Crippen molar-refractivity contribution in [1.82, 2.24) is 0 Å². The van der Waals surface area contributed by atoms with Crippen LogP contribution in [0.2, 0.25) is 157 Å². The normalized spacial score (nSPS) is 15.5. The Morgan fingerprint density at radius 3 is 0.550 bits per heavy atom. The Kier molecular flexibility index (Phi) is 17.3. The highest BCUT2D eigenvalue weighted by atomic mass is 79.9. The number of halogens is 2. The molecule has 0 atom stereocenters. The topological polar surface area (TPSA) is 0 Å². The van der Waals surface area contributed by atoms with Crippen molar-refractivity contribution >= 4 is 105 Å². The molecule has 0 aliphatic heterocycles. The van der Waals surface area contributed by atoms with Gasteiger partial charge in [-0.25, -0.2) is 0 Å². The van der Waals surface area contributed by atoms with Crippen LogP contribution in [0.25, 0.3) is 8.96 Å². The first-order chi connectivity index (χ1) is 26.0. The molecule has 0 N–H and O–H groups in total. The Hall–Kier alpha value is 0.875. The Labute approximate surface area is 400 Å². The maximum atomic E-state index is 4.73. The molecule has 2 rings (SSSR count). The van der Waals surface area contributed by atoms with Gasteiger partial charge in [-0.2, -0.15) is 0 Å². The Morgan fingerprint density at radius 1 is 0.317 bits per heavy atom. The maximum Gasteiger partial charge on any atom is 0.0493 e. The van der Waals surface area contributed by atoms with E-state index in [2.05, 4.69) is 223 Å². The Morgan fingerprint density at radius 2 is 0.450 bits per heavy atom. The van der Waals surface area contributed by atoms with Crippen LogP contribution in [0, 0.1) is 0 Å². The summed E-state index contributed by atoms with van der Waals surface area (Å²) < 4.78 is 2.66. The van der Waals surface area contributed by atoms with Gasteiger partial charge in [0.25, 0.3) is 0 Å². The molecule has 2 aromatic rings. The molecule has 0 amide bonds. The van der Waals surface area contributed by atoms with Crippen molar-refractivity contribution in [3.05, 3.63) is 68.8 Å². The molecule has 344 valence electrons. The molecular formula is C50H98Br2Si8. The average molecular weight is 1080 g/mol. The summed E-state index contributed by atoms with van der Waals surface area (Å²) in [4.78, 5) is 0. The number of rotatable bonds is 14. The number of hydrogen-bond donors (Lipinski definition) is 0. The highest BCUT2D eigenvalue weighted by Gasteiger charge is 2.48. The molecule has 0 saturated heterocycles. The van der Waals surface area contributed by atoms with Gasteiger partial charge in [-0.1, -0.05) is 223 Å². The maximum absolute atomic E-state index is 4.73. The molecule has 0 unspecified atom stereocenters. The van der Waals surface area contributed by atoms with Crippen LogP contribution in [0.4, 0.5) is 0 Å². The van der Waals surface area contributed by atoms with Crippen molar-refractivity contribution in [2.75, 3.05) is 0 Å². The number of benzene rings is 2. The molecule has 0 aliphatic carbocycles. The lowest BCUT2D eigenvalue weighted by Crippen LogP contribution is -2.49. The van der Waals surface area contributed by atoms with Crippen molar-refractivity contribution in [1.29, 1.82) is 0 Å². The van der Waals surface area contributed by atoms with Gasteiger partial charge in [0, 0.05) is 73.6 Å². The van der Waals surface area contributed by atoms with Crippen molar-refractivity contribution in [3.63, 3.8) is 0 Å². The van der Waals surface area contributed by atoms with Crippen LogP contribution in [-0.2, 0) is 10.8 Å². The van der Waals surface area contributed by atoms with Gasteiger partial charge in [0.05, 0.1) is 0 Å². The summed E-state index contributed by atoms with van der Waals surface area (Å²) in [6.07, 6.45) is 0. The predicted octanol–water partition coefficient (Wildman–Crippen LogP) is 19.3. The molecule has 0 radical (unpaired) electrons. The molecule has 0 aromatic heterocycles. The largest absolute Gasteiger partial charge is 0.0693 e. The van der Waals surface area contributed by atoms with E-state index < -0.39 is 64.6 Å². The second-order valence-corrected chi connectivity index (χ2v) is 76.2. The van der Waals surface area contributed by atoms with Crippen LogP contribution >= 0.6 is 31.9 Å². The third-order valence-electron chi connectivity index (χ3n) is 12.9. The zero-order chi connectivity index (χ0) is 47.9. The quantitative estimate of drug-likeness (QED) is 0.131. The molecule has 0 aliphatic rings. The molecule has 0 bridgehead atoms. The summed E-state index contributed by atoms with van der Waals surface area (Å²) in [5.41, 5.74) is 12.9. The lowest BCUT2D eigenvalue weighted by Gasteiger charge is -2.45. The van der Waals surface area contributed by atoms with Crippen molar-refractivity contribution < 1.29 is 0 Å². The summed E-state index contributed by atoms with van der Waals surface area (Å²) in [7, 11) is -13.8. The van der Waals surface area contributed by atoms with E-state index in [0.29, 0.717) is 20.7 Å².